The Morgan fingerprint density at radius 1 is 0.857 bits per heavy atom. The number of benzene rings is 1. The summed E-state index contributed by atoms with van der Waals surface area (Å²) in [5, 5.41) is 0. The van der Waals surface area contributed by atoms with Crippen molar-refractivity contribution in [2.24, 2.45) is 0 Å². The van der Waals surface area contributed by atoms with Gasteiger partial charge in [0.25, 0.3) is 0 Å². The molecule has 0 aliphatic rings. The van der Waals surface area contributed by atoms with E-state index in [-0.39, 0.29) is 18.0 Å². The van der Waals surface area contributed by atoms with E-state index in [1.807, 2.05) is 0 Å². The third kappa shape index (κ3) is 6.34. The van der Waals surface area contributed by atoms with E-state index in [0.717, 1.165) is 0 Å². The van der Waals surface area contributed by atoms with Crippen molar-refractivity contribution in [2.75, 3.05) is 0 Å². The van der Waals surface area contributed by atoms with E-state index in [0.29, 0.717) is 12.1 Å². The van der Waals surface area contributed by atoms with Crippen LogP contribution in [0.2, 0.25) is 0 Å². The van der Waals surface area contributed by atoms with Crippen LogP contribution in [0.5, 0.6) is 5.75 Å². The van der Waals surface area contributed by atoms with Gasteiger partial charge in [-0.1, -0.05) is 0 Å². The number of hydrogen-bond acceptors (Lipinski definition) is 5. The summed E-state index contributed by atoms with van der Waals surface area (Å²) in [4.78, 5) is 19.1. The van der Waals surface area contributed by atoms with Crippen molar-refractivity contribution in [1.82, 2.24) is 0 Å². The average molecular weight is 308 g/mol. The van der Waals surface area contributed by atoms with E-state index in [1.165, 1.54) is 0 Å². The fourth-order valence-corrected chi connectivity index (χ4v) is 1.08. The smallest absolute Gasteiger partial charge is 0.509 e. The Kier molecular flexibility index (Phi) is 6.96. The zero-order chi connectivity index (χ0) is 16.0. The second-order valence-corrected chi connectivity index (χ2v) is 4.59. The van der Waals surface area contributed by atoms with Gasteiger partial charge in [0.15, 0.2) is 17.5 Å². The van der Waals surface area contributed by atoms with Crippen molar-refractivity contribution in [3.63, 3.8) is 0 Å². The minimum Gasteiger partial charge on any atom is -0.509 e. The van der Waals surface area contributed by atoms with Crippen LogP contribution in [-0.2, 0) is 19.4 Å². The molecule has 0 aliphatic carbocycles. The minimum absolute atomic E-state index is 0.319. The topological polar surface area (TPSA) is 46.2 Å². The molecule has 0 heterocycles. The Hall–Kier alpha value is -1.29. The molecule has 0 amide bonds. The van der Waals surface area contributed by atoms with Crippen LogP contribution in [0.1, 0.15) is 27.7 Å². The van der Waals surface area contributed by atoms with Gasteiger partial charge in [0.2, 0.25) is 0 Å². The lowest BCUT2D eigenvalue weighted by atomic mass is 10.2. The average Bonchev–Trinajstić information content (AvgIpc) is 2.38. The van der Waals surface area contributed by atoms with E-state index in [9.17, 15) is 13.2 Å². The molecular weight excluding hydrogens is 292 g/mol. The van der Waals surface area contributed by atoms with Crippen molar-refractivity contribution < 1.29 is 37.2 Å². The van der Waals surface area contributed by atoms with Gasteiger partial charge in [-0.2, -0.15) is 0 Å². The molecule has 0 saturated carbocycles. The van der Waals surface area contributed by atoms with Gasteiger partial charge in [0, 0.05) is 12.1 Å². The molecule has 0 saturated heterocycles. The quantitative estimate of drug-likeness (QED) is 0.319. The molecule has 0 radical (unpaired) electrons. The highest BCUT2D eigenvalue weighted by atomic mass is 19.2. The van der Waals surface area contributed by atoms with Crippen molar-refractivity contribution in [3.05, 3.63) is 29.6 Å². The first kappa shape index (κ1) is 17.8. The maximum Gasteiger partial charge on any atom is 0.770 e. The van der Waals surface area contributed by atoms with Crippen LogP contribution in [0.15, 0.2) is 12.1 Å². The lowest BCUT2D eigenvalue weighted by Crippen LogP contribution is -2.33. The van der Waals surface area contributed by atoms with Crippen LogP contribution in [-0.4, -0.2) is 19.5 Å². The molecule has 0 spiro atoms. The molecule has 0 aromatic heterocycles. The second kappa shape index (κ2) is 8.23. The number of halogens is 3. The van der Waals surface area contributed by atoms with Crippen molar-refractivity contribution >= 4 is 7.32 Å². The normalized spacial score (nSPS) is 11.3. The van der Waals surface area contributed by atoms with Crippen LogP contribution in [0.25, 0.3) is 0 Å². The van der Waals surface area contributed by atoms with Crippen LogP contribution < -0.4 is 4.65 Å². The summed E-state index contributed by atoms with van der Waals surface area (Å²) >= 11 is 0. The highest BCUT2D eigenvalue weighted by molar-refractivity contribution is 6.36. The molecular formula is C12H16BF3O5. The van der Waals surface area contributed by atoms with Gasteiger partial charge in [0.05, 0.1) is 12.2 Å². The third-order valence-electron chi connectivity index (χ3n) is 1.84. The first-order valence-corrected chi connectivity index (χ1v) is 6.25. The Morgan fingerprint density at radius 2 is 1.29 bits per heavy atom. The van der Waals surface area contributed by atoms with Crippen LogP contribution in [0, 0.1) is 17.5 Å². The summed E-state index contributed by atoms with van der Waals surface area (Å²) in [5.74, 6) is -4.76. The molecule has 0 bridgehead atoms. The van der Waals surface area contributed by atoms with Gasteiger partial charge in [-0.05, 0) is 27.7 Å². The van der Waals surface area contributed by atoms with Gasteiger partial charge >= 0.3 is 7.32 Å². The number of rotatable bonds is 8. The maximum absolute atomic E-state index is 13.1. The lowest BCUT2D eigenvalue weighted by molar-refractivity contribution is -0.318. The summed E-state index contributed by atoms with van der Waals surface area (Å²) in [6.07, 6.45) is -0.638. The largest absolute Gasteiger partial charge is 0.770 e. The van der Waals surface area contributed by atoms with Gasteiger partial charge in [0.1, 0.15) is 5.75 Å². The molecule has 5 nitrogen and oxygen atoms in total. The van der Waals surface area contributed by atoms with Crippen LogP contribution in [0.3, 0.4) is 0 Å². The molecule has 118 valence electrons. The van der Waals surface area contributed by atoms with E-state index < -0.39 is 24.8 Å². The van der Waals surface area contributed by atoms with Gasteiger partial charge in [-0.3, -0.25) is 0 Å². The van der Waals surface area contributed by atoms with E-state index >= 15 is 0 Å². The fourth-order valence-electron chi connectivity index (χ4n) is 1.08. The van der Waals surface area contributed by atoms with Crippen LogP contribution >= 0.6 is 0 Å². The van der Waals surface area contributed by atoms with E-state index in [2.05, 4.69) is 0 Å². The Bertz CT molecular complexity index is 424. The molecule has 1 aromatic rings. The van der Waals surface area contributed by atoms with E-state index in [1.54, 1.807) is 27.7 Å². The van der Waals surface area contributed by atoms with Gasteiger partial charge in [-0.25, -0.2) is 32.6 Å². The monoisotopic (exact) mass is 308 g/mol. The molecule has 1 rings (SSSR count). The molecule has 0 atom stereocenters. The zero-order valence-electron chi connectivity index (χ0n) is 12.1. The molecule has 1 aromatic carbocycles. The van der Waals surface area contributed by atoms with Crippen molar-refractivity contribution in [3.8, 4) is 5.75 Å². The summed E-state index contributed by atoms with van der Waals surface area (Å²) < 4.78 is 44.0. The van der Waals surface area contributed by atoms with Crippen molar-refractivity contribution in [2.45, 2.75) is 39.9 Å². The first-order valence-electron chi connectivity index (χ1n) is 6.25. The predicted octanol–water partition coefficient (Wildman–Crippen LogP) is 3.18. The maximum atomic E-state index is 13.1. The summed E-state index contributed by atoms with van der Waals surface area (Å²) in [7, 11) is -1.54. The summed E-state index contributed by atoms with van der Waals surface area (Å²) in [5.41, 5.74) is 0. The zero-order valence-corrected chi connectivity index (χ0v) is 12.1. The van der Waals surface area contributed by atoms with E-state index in [4.69, 9.17) is 24.0 Å². The highest BCUT2D eigenvalue weighted by Crippen LogP contribution is 2.20. The van der Waals surface area contributed by atoms with Crippen molar-refractivity contribution in [1.29, 1.82) is 0 Å². The minimum atomic E-state index is -1.60. The lowest BCUT2D eigenvalue weighted by Gasteiger charge is -2.16. The Morgan fingerprint density at radius 3 is 1.67 bits per heavy atom. The molecule has 0 N–H and O–H groups in total. The first-order chi connectivity index (χ1) is 9.79. The standard InChI is InChI=1S/C12H16BF3O5/c1-7(2)18-20-13(21-19-8(3)4)17-9-5-10(14)12(16)11(15)6-9/h5-8H,1-4H3. The molecule has 0 unspecified atom stereocenters. The fraction of sp³-hybridized carbons (Fsp3) is 0.500. The highest BCUT2D eigenvalue weighted by Gasteiger charge is 2.30. The third-order valence-corrected chi connectivity index (χ3v) is 1.84. The SMILES string of the molecule is CC(C)OOB(OOC(C)C)Oc1cc(F)c(F)c(F)c1. The molecule has 21 heavy (non-hydrogen) atoms. The Labute approximate surface area is 120 Å². The summed E-state index contributed by atoms with van der Waals surface area (Å²) in [6.45, 7) is 6.71. The Balaban J connectivity index is 2.74. The van der Waals surface area contributed by atoms with Gasteiger partial charge < -0.3 is 4.65 Å². The predicted molar refractivity (Wildman–Crippen MR) is 67.3 cm³/mol. The molecule has 9 heteroatoms. The second-order valence-electron chi connectivity index (χ2n) is 4.59. The molecule has 0 aliphatic heterocycles. The molecule has 0 fully saturated rings. The number of hydrogen-bond donors (Lipinski definition) is 0. The summed E-state index contributed by atoms with van der Waals surface area (Å²) in [6, 6.07) is 1.28. The van der Waals surface area contributed by atoms with Gasteiger partial charge in [-0.15, -0.1) is 0 Å². The van der Waals surface area contributed by atoms with Crippen LogP contribution in [0.4, 0.5) is 13.2 Å².